The minimum atomic E-state index is -0.403. The minimum absolute atomic E-state index is 0.0656. The number of carbonyl (C=O) groups excluding carboxylic acids is 1. The molecule has 0 radical (unpaired) electrons. The zero-order chi connectivity index (χ0) is 33.3. The Labute approximate surface area is 279 Å². The van der Waals surface area contributed by atoms with Gasteiger partial charge < -0.3 is 52.1 Å². The van der Waals surface area contributed by atoms with Gasteiger partial charge >= 0.3 is 5.97 Å². The van der Waals surface area contributed by atoms with Crippen molar-refractivity contribution < 1.29 is 56.9 Å². The van der Waals surface area contributed by atoms with Gasteiger partial charge in [-0.3, -0.25) is 0 Å². The van der Waals surface area contributed by atoms with Crippen LogP contribution in [-0.2, 0) is 56.9 Å². The van der Waals surface area contributed by atoms with Crippen molar-refractivity contribution in [3.63, 3.8) is 0 Å². The van der Waals surface area contributed by atoms with Gasteiger partial charge in [0.2, 0.25) is 0 Å². The molecule has 0 aromatic carbocycles. The summed E-state index contributed by atoms with van der Waals surface area (Å²) in [4.78, 5) is 10.9. The van der Waals surface area contributed by atoms with Crippen molar-refractivity contribution in [3.8, 4) is 0 Å². The molecule has 0 fully saturated rings. The van der Waals surface area contributed by atoms with E-state index < -0.39 is 5.97 Å². The average molecular weight is 669 g/mol. The molecule has 0 unspecified atom stereocenters. The Morgan fingerprint density at radius 3 is 0.848 bits per heavy atom. The van der Waals surface area contributed by atoms with Crippen LogP contribution in [0.3, 0.4) is 0 Å². The van der Waals surface area contributed by atoms with Crippen LogP contribution >= 0.6 is 0 Å². The topological polar surface area (TPSA) is 119 Å². The first-order valence-electron chi connectivity index (χ1n) is 17.7. The van der Waals surface area contributed by atoms with E-state index in [1.807, 2.05) is 0 Å². The second-order valence-corrected chi connectivity index (χ2v) is 10.7. The molecule has 12 heteroatoms. The van der Waals surface area contributed by atoms with Crippen molar-refractivity contribution in [1.82, 2.24) is 0 Å². The molecule has 0 atom stereocenters. The highest BCUT2D eigenvalue weighted by Crippen LogP contribution is 2.11. The highest BCUT2D eigenvalue weighted by atomic mass is 16.6. The zero-order valence-electron chi connectivity index (χ0n) is 29.3. The van der Waals surface area contributed by atoms with E-state index in [9.17, 15) is 4.79 Å². The molecule has 0 saturated heterocycles. The van der Waals surface area contributed by atoms with Crippen LogP contribution in [0, 0.1) is 0 Å². The van der Waals surface area contributed by atoms with E-state index in [0.29, 0.717) is 119 Å². The molecule has 0 aliphatic heterocycles. The predicted molar refractivity (Wildman–Crippen MR) is 177 cm³/mol. The SMILES string of the molecule is CCCCCCCCCCCCCOCCOCCOCCOCCOCCOCCOCCOCCOCCOCC(=O)OC. The molecule has 0 N–H and O–H groups in total. The Balaban J connectivity index is 3.05. The summed E-state index contributed by atoms with van der Waals surface area (Å²) in [6.07, 6.45) is 14.8. The summed E-state index contributed by atoms with van der Waals surface area (Å²) >= 11 is 0. The first kappa shape index (κ1) is 45.1. The molecule has 0 saturated carbocycles. The molecule has 0 aromatic rings. The molecule has 0 amide bonds. The number of carbonyl (C=O) groups is 1. The normalized spacial score (nSPS) is 11.4. The lowest BCUT2D eigenvalue weighted by atomic mass is 10.1. The largest absolute Gasteiger partial charge is 0.467 e. The summed E-state index contributed by atoms with van der Waals surface area (Å²) in [6.45, 7) is 12.2. The molecule has 12 nitrogen and oxygen atoms in total. The Kier molecular flexibility index (Phi) is 41.2. The maximum atomic E-state index is 10.9. The maximum absolute atomic E-state index is 10.9. The summed E-state index contributed by atoms with van der Waals surface area (Å²) in [5.74, 6) is -0.403. The van der Waals surface area contributed by atoms with E-state index >= 15 is 0 Å². The van der Waals surface area contributed by atoms with E-state index in [0.717, 1.165) is 13.0 Å². The first-order valence-corrected chi connectivity index (χ1v) is 17.7. The number of hydrogen-bond donors (Lipinski definition) is 0. The van der Waals surface area contributed by atoms with Crippen LogP contribution in [0.5, 0.6) is 0 Å². The number of rotatable bonds is 41. The van der Waals surface area contributed by atoms with Crippen molar-refractivity contribution >= 4 is 5.97 Å². The Bertz CT molecular complexity index is 570. The van der Waals surface area contributed by atoms with Crippen LogP contribution in [0.4, 0.5) is 0 Å². The molecular formula is C34H68O12. The van der Waals surface area contributed by atoms with Crippen LogP contribution in [0.25, 0.3) is 0 Å². The summed E-state index contributed by atoms with van der Waals surface area (Å²) in [7, 11) is 1.32. The van der Waals surface area contributed by atoms with Crippen LogP contribution in [0.2, 0.25) is 0 Å². The van der Waals surface area contributed by atoms with Crippen molar-refractivity contribution in [2.45, 2.75) is 77.6 Å². The lowest BCUT2D eigenvalue weighted by molar-refractivity contribution is -0.146. The Hall–Kier alpha value is -0.930. The van der Waals surface area contributed by atoms with E-state index in [2.05, 4.69) is 11.7 Å². The summed E-state index contributed by atoms with van der Waals surface area (Å²) < 4.78 is 58.9. The van der Waals surface area contributed by atoms with Crippen molar-refractivity contribution in [2.24, 2.45) is 0 Å². The fourth-order valence-corrected chi connectivity index (χ4v) is 4.06. The number of hydrogen-bond acceptors (Lipinski definition) is 12. The van der Waals surface area contributed by atoms with Crippen LogP contribution in [0.15, 0.2) is 0 Å². The molecule has 46 heavy (non-hydrogen) atoms. The first-order chi connectivity index (χ1) is 22.8. The number of esters is 1. The zero-order valence-corrected chi connectivity index (χ0v) is 29.3. The smallest absolute Gasteiger partial charge is 0.331 e. The van der Waals surface area contributed by atoms with E-state index in [-0.39, 0.29) is 6.61 Å². The lowest BCUT2D eigenvalue weighted by Crippen LogP contribution is -2.16. The van der Waals surface area contributed by atoms with Gasteiger partial charge in [0.1, 0.15) is 6.61 Å². The van der Waals surface area contributed by atoms with Crippen LogP contribution in [0.1, 0.15) is 77.6 Å². The van der Waals surface area contributed by atoms with E-state index in [4.69, 9.17) is 47.4 Å². The van der Waals surface area contributed by atoms with Crippen molar-refractivity contribution in [2.75, 3.05) is 139 Å². The van der Waals surface area contributed by atoms with Gasteiger partial charge in [-0.25, -0.2) is 4.79 Å². The third-order valence-electron chi connectivity index (χ3n) is 6.69. The summed E-state index contributed by atoms with van der Waals surface area (Å²) in [6, 6.07) is 0. The second kappa shape index (κ2) is 42.1. The highest BCUT2D eigenvalue weighted by molar-refractivity contribution is 5.70. The predicted octanol–water partition coefficient (Wildman–Crippen LogP) is 4.64. The fourth-order valence-electron chi connectivity index (χ4n) is 4.06. The molecule has 0 aliphatic rings. The van der Waals surface area contributed by atoms with Gasteiger partial charge in [-0.05, 0) is 6.42 Å². The van der Waals surface area contributed by atoms with E-state index in [1.54, 1.807) is 0 Å². The number of unbranched alkanes of at least 4 members (excludes halogenated alkanes) is 10. The van der Waals surface area contributed by atoms with Gasteiger partial charge in [-0.15, -0.1) is 0 Å². The van der Waals surface area contributed by atoms with Crippen LogP contribution in [-0.4, -0.2) is 145 Å². The monoisotopic (exact) mass is 668 g/mol. The highest BCUT2D eigenvalue weighted by Gasteiger charge is 1.99. The van der Waals surface area contributed by atoms with Gasteiger partial charge in [0, 0.05) is 6.61 Å². The lowest BCUT2D eigenvalue weighted by Gasteiger charge is -2.09. The van der Waals surface area contributed by atoms with Crippen LogP contribution < -0.4 is 0 Å². The second-order valence-electron chi connectivity index (χ2n) is 10.7. The molecular weight excluding hydrogens is 600 g/mol. The number of ether oxygens (including phenoxy) is 11. The standard InChI is InChI=1S/C34H68O12/c1-3-4-5-6-7-8-9-10-11-12-13-14-37-15-16-38-17-18-39-19-20-40-21-22-41-23-24-42-25-26-43-27-28-44-29-30-45-31-32-46-33-34(35)36-2/h3-33H2,1-2H3. The maximum Gasteiger partial charge on any atom is 0.331 e. The fraction of sp³-hybridized carbons (Fsp3) is 0.971. The van der Waals surface area contributed by atoms with Gasteiger partial charge in [0.15, 0.2) is 0 Å². The molecule has 0 bridgehead atoms. The molecule has 0 heterocycles. The average Bonchev–Trinajstić information content (AvgIpc) is 3.07. The van der Waals surface area contributed by atoms with Gasteiger partial charge in [0.05, 0.1) is 126 Å². The Morgan fingerprint density at radius 2 is 0.565 bits per heavy atom. The summed E-state index contributed by atoms with van der Waals surface area (Å²) in [5, 5.41) is 0. The third kappa shape index (κ3) is 41.1. The van der Waals surface area contributed by atoms with Gasteiger partial charge in [-0.1, -0.05) is 71.1 Å². The number of methoxy groups -OCH3 is 1. The quantitative estimate of drug-likeness (QED) is 0.0667. The van der Waals surface area contributed by atoms with E-state index in [1.165, 1.54) is 71.3 Å². The minimum Gasteiger partial charge on any atom is -0.467 e. The molecule has 276 valence electrons. The van der Waals surface area contributed by atoms with Gasteiger partial charge in [0.25, 0.3) is 0 Å². The van der Waals surface area contributed by atoms with Crippen molar-refractivity contribution in [3.05, 3.63) is 0 Å². The Morgan fingerprint density at radius 1 is 0.326 bits per heavy atom. The third-order valence-corrected chi connectivity index (χ3v) is 6.69. The van der Waals surface area contributed by atoms with Gasteiger partial charge in [-0.2, -0.15) is 0 Å². The molecule has 0 aliphatic carbocycles. The molecule has 0 rings (SSSR count). The summed E-state index contributed by atoms with van der Waals surface area (Å²) in [5.41, 5.74) is 0. The molecule has 0 spiro atoms. The van der Waals surface area contributed by atoms with Crippen molar-refractivity contribution in [1.29, 1.82) is 0 Å². The molecule has 0 aromatic heterocycles.